The Morgan fingerprint density at radius 3 is 2.63 bits per heavy atom. The van der Waals surface area contributed by atoms with Crippen molar-refractivity contribution in [3.05, 3.63) is 66.0 Å². The van der Waals surface area contributed by atoms with Gasteiger partial charge in [-0.3, -0.25) is 4.98 Å². The maximum absolute atomic E-state index is 6.09. The van der Waals surface area contributed by atoms with Crippen LogP contribution in [-0.4, -0.2) is 24.3 Å². The lowest BCUT2D eigenvalue weighted by Crippen LogP contribution is -2.33. The van der Waals surface area contributed by atoms with Gasteiger partial charge in [-0.15, -0.1) is 0 Å². The minimum absolute atomic E-state index is 0.0522. The van der Waals surface area contributed by atoms with Crippen molar-refractivity contribution < 1.29 is 9.47 Å². The summed E-state index contributed by atoms with van der Waals surface area (Å²) in [6, 6.07) is 16.2. The number of hydrogen-bond donors (Lipinski definition) is 0. The first-order valence-corrected chi connectivity index (χ1v) is 6.60. The van der Waals surface area contributed by atoms with Gasteiger partial charge in [0, 0.05) is 12.6 Å². The summed E-state index contributed by atoms with van der Waals surface area (Å²) in [6.07, 6.45) is 2.72. The van der Waals surface area contributed by atoms with Crippen LogP contribution in [0.2, 0.25) is 0 Å². The summed E-state index contributed by atoms with van der Waals surface area (Å²) in [4.78, 5) is 4.34. The molecule has 0 aliphatic carbocycles. The molecule has 2 unspecified atom stereocenters. The maximum Gasteiger partial charge on any atom is 0.123 e. The summed E-state index contributed by atoms with van der Waals surface area (Å²) in [5.74, 6) is 0. The van der Waals surface area contributed by atoms with Crippen LogP contribution in [-0.2, 0) is 15.9 Å². The van der Waals surface area contributed by atoms with Crippen LogP contribution in [0, 0.1) is 0 Å². The molecule has 0 N–H and O–H groups in total. The number of ether oxygens (including phenoxy) is 2. The van der Waals surface area contributed by atoms with Gasteiger partial charge in [0.05, 0.1) is 25.0 Å². The van der Waals surface area contributed by atoms with Crippen molar-refractivity contribution in [2.75, 3.05) is 13.2 Å². The fourth-order valence-electron chi connectivity index (χ4n) is 2.32. The van der Waals surface area contributed by atoms with E-state index in [1.807, 2.05) is 24.3 Å². The highest BCUT2D eigenvalue weighted by atomic mass is 16.6. The highest BCUT2D eigenvalue weighted by molar-refractivity contribution is 5.16. The molecule has 1 saturated heterocycles. The van der Waals surface area contributed by atoms with E-state index in [1.165, 1.54) is 5.56 Å². The lowest BCUT2D eigenvalue weighted by molar-refractivity contribution is -0.140. The van der Waals surface area contributed by atoms with Crippen molar-refractivity contribution in [3.8, 4) is 0 Å². The van der Waals surface area contributed by atoms with Crippen molar-refractivity contribution >= 4 is 0 Å². The van der Waals surface area contributed by atoms with Crippen LogP contribution >= 0.6 is 0 Å². The van der Waals surface area contributed by atoms with Crippen LogP contribution < -0.4 is 0 Å². The molecule has 3 heteroatoms. The van der Waals surface area contributed by atoms with Crippen molar-refractivity contribution in [2.24, 2.45) is 0 Å². The predicted molar refractivity (Wildman–Crippen MR) is 72.8 cm³/mol. The Balaban J connectivity index is 1.65. The van der Waals surface area contributed by atoms with E-state index in [-0.39, 0.29) is 12.2 Å². The van der Waals surface area contributed by atoms with Gasteiger partial charge in [-0.25, -0.2) is 0 Å². The fourth-order valence-corrected chi connectivity index (χ4v) is 2.32. The first-order valence-electron chi connectivity index (χ1n) is 6.60. The molecule has 0 amide bonds. The second kappa shape index (κ2) is 5.95. The molecular formula is C16H17NO2. The quantitative estimate of drug-likeness (QED) is 0.845. The van der Waals surface area contributed by atoms with E-state index in [2.05, 4.69) is 29.2 Å². The molecule has 2 atom stereocenters. The number of aromatic nitrogens is 1. The van der Waals surface area contributed by atoms with Gasteiger partial charge < -0.3 is 9.47 Å². The van der Waals surface area contributed by atoms with Crippen molar-refractivity contribution in [2.45, 2.75) is 18.6 Å². The molecule has 19 heavy (non-hydrogen) atoms. The molecule has 0 saturated carbocycles. The Morgan fingerprint density at radius 1 is 1.00 bits per heavy atom. The van der Waals surface area contributed by atoms with Gasteiger partial charge in [0.25, 0.3) is 0 Å². The van der Waals surface area contributed by atoms with Crippen molar-refractivity contribution in [1.82, 2.24) is 4.98 Å². The fraction of sp³-hybridized carbons (Fsp3) is 0.312. The lowest BCUT2D eigenvalue weighted by Gasteiger charge is -2.30. The zero-order chi connectivity index (χ0) is 12.9. The van der Waals surface area contributed by atoms with E-state index >= 15 is 0 Å². The van der Waals surface area contributed by atoms with Crippen molar-refractivity contribution in [1.29, 1.82) is 0 Å². The molecule has 0 bridgehead atoms. The third-order valence-corrected chi connectivity index (χ3v) is 3.25. The first-order chi connectivity index (χ1) is 9.42. The van der Waals surface area contributed by atoms with Crippen molar-refractivity contribution in [3.63, 3.8) is 0 Å². The van der Waals surface area contributed by atoms with Gasteiger partial charge in [-0.05, 0) is 17.7 Å². The SMILES string of the molecule is c1ccc(CC2COCC(c3ccccn3)O2)cc1. The first kappa shape index (κ1) is 12.3. The van der Waals surface area contributed by atoms with Gasteiger partial charge in [0.2, 0.25) is 0 Å². The van der Waals surface area contributed by atoms with Gasteiger partial charge in [-0.2, -0.15) is 0 Å². The predicted octanol–water partition coefficient (Wildman–Crippen LogP) is 2.78. The number of rotatable bonds is 3. The highest BCUT2D eigenvalue weighted by Crippen LogP contribution is 2.23. The third-order valence-electron chi connectivity index (χ3n) is 3.25. The molecule has 1 aromatic carbocycles. The number of hydrogen-bond acceptors (Lipinski definition) is 3. The standard InChI is InChI=1S/C16H17NO2/c1-2-6-13(7-3-1)10-14-11-18-12-16(19-14)15-8-4-5-9-17-15/h1-9,14,16H,10-12H2. The van der Waals surface area contributed by atoms with Crippen LogP contribution in [0.5, 0.6) is 0 Å². The van der Waals surface area contributed by atoms with Gasteiger partial charge in [0.1, 0.15) is 6.10 Å². The van der Waals surface area contributed by atoms with Gasteiger partial charge in [-0.1, -0.05) is 36.4 Å². The molecule has 1 aliphatic heterocycles. The minimum Gasteiger partial charge on any atom is -0.376 e. The highest BCUT2D eigenvalue weighted by Gasteiger charge is 2.25. The number of benzene rings is 1. The van der Waals surface area contributed by atoms with E-state index in [0.29, 0.717) is 13.2 Å². The van der Waals surface area contributed by atoms with Gasteiger partial charge in [0.15, 0.2) is 0 Å². The Morgan fingerprint density at radius 2 is 1.84 bits per heavy atom. The van der Waals surface area contributed by atoms with Crippen LogP contribution in [0.4, 0.5) is 0 Å². The Kier molecular flexibility index (Phi) is 3.86. The molecule has 1 aromatic heterocycles. The molecule has 0 spiro atoms. The zero-order valence-corrected chi connectivity index (χ0v) is 10.7. The minimum atomic E-state index is -0.0522. The average molecular weight is 255 g/mol. The largest absolute Gasteiger partial charge is 0.376 e. The smallest absolute Gasteiger partial charge is 0.123 e. The van der Waals surface area contributed by atoms with Crippen LogP contribution in [0.1, 0.15) is 17.4 Å². The summed E-state index contributed by atoms with van der Waals surface area (Å²) < 4.78 is 11.7. The Bertz CT molecular complexity index is 501. The molecule has 1 aliphatic rings. The topological polar surface area (TPSA) is 31.4 Å². The van der Waals surface area contributed by atoms with E-state index in [9.17, 15) is 0 Å². The van der Waals surface area contributed by atoms with Crippen LogP contribution in [0.3, 0.4) is 0 Å². The third kappa shape index (κ3) is 3.19. The summed E-state index contributed by atoms with van der Waals surface area (Å²) in [5.41, 5.74) is 2.22. The monoisotopic (exact) mass is 255 g/mol. The zero-order valence-electron chi connectivity index (χ0n) is 10.7. The summed E-state index contributed by atoms with van der Waals surface area (Å²) >= 11 is 0. The molecule has 98 valence electrons. The second-order valence-corrected chi connectivity index (χ2v) is 4.73. The molecule has 3 rings (SSSR count). The summed E-state index contributed by atoms with van der Waals surface area (Å²) in [5, 5.41) is 0. The number of nitrogens with zero attached hydrogens (tertiary/aromatic N) is 1. The lowest BCUT2D eigenvalue weighted by atomic mass is 10.1. The molecule has 3 nitrogen and oxygen atoms in total. The Labute approximate surface area is 113 Å². The van der Waals surface area contributed by atoms with E-state index in [0.717, 1.165) is 12.1 Å². The molecular weight excluding hydrogens is 238 g/mol. The van der Waals surface area contributed by atoms with Crippen LogP contribution in [0.15, 0.2) is 54.7 Å². The van der Waals surface area contributed by atoms with Crippen LogP contribution in [0.25, 0.3) is 0 Å². The molecule has 2 heterocycles. The van der Waals surface area contributed by atoms with Gasteiger partial charge >= 0.3 is 0 Å². The normalized spacial score (nSPS) is 23.2. The molecule has 2 aromatic rings. The second-order valence-electron chi connectivity index (χ2n) is 4.73. The average Bonchev–Trinajstić information content (AvgIpc) is 2.49. The Hall–Kier alpha value is -1.71. The molecule has 1 fully saturated rings. The molecule has 0 radical (unpaired) electrons. The number of pyridine rings is 1. The van der Waals surface area contributed by atoms with E-state index in [1.54, 1.807) is 6.20 Å². The van der Waals surface area contributed by atoms with E-state index < -0.39 is 0 Å². The summed E-state index contributed by atoms with van der Waals surface area (Å²) in [6.45, 7) is 1.24. The van der Waals surface area contributed by atoms with E-state index in [4.69, 9.17) is 9.47 Å². The maximum atomic E-state index is 6.09. The summed E-state index contributed by atoms with van der Waals surface area (Å²) in [7, 11) is 0.